The zero-order chi connectivity index (χ0) is 14.8. The molecule has 0 spiro atoms. The highest BCUT2D eigenvalue weighted by atomic mass is 16.5. The fraction of sp³-hybridized carbons (Fsp3) is 0.938. The molecule has 2 rings (SSSR count). The minimum atomic E-state index is -0.0792. The molecular weight excluding hydrogens is 252 g/mol. The Hall–Kier alpha value is -0.610. The molecular formula is C16H30N2O2. The lowest BCUT2D eigenvalue weighted by molar-refractivity contribution is -0.141. The zero-order valence-corrected chi connectivity index (χ0v) is 13.4. The number of amides is 1. The van der Waals surface area contributed by atoms with Crippen molar-refractivity contribution < 1.29 is 9.53 Å². The van der Waals surface area contributed by atoms with E-state index in [4.69, 9.17) is 4.74 Å². The van der Waals surface area contributed by atoms with Crippen LogP contribution in [0.4, 0.5) is 0 Å². The van der Waals surface area contributed by atoms with E-state index in [0.29, 0.717) is 5.92 Å². The summed E-state index contributed by atoms with van der Waals surface area (Å²) in [5.74, 6) is 0.708. The van der Waals surface area contributed by atoms with E-state index in [9.17, 15) is 4.79 Å². The van der Waals surface area contributed by atoms with Crippen molar-refractivity contribution in [2.45, 2.75) is 77.1 Å². The van der Waals surface area contributed by atoms with Crippen molar-refractivity contribution >= 4 is 5.91 Å². The van der Waals surface area contributed by atoms with E-state index in [2.05, 4.69) is 26.1 Å². The number of rotatable bonds is 7. The molecule has 0 aromatic heterocycles. The second kappa shape index (κ2) is 6.44. The van der Waals surface area contributed by atoms with Crippen LogP contribution in [0, 0.1) is 5.92 Å². The van der Waals surface area contributed by atoms with Crippen molar-refractivity contribution in [2.24, 2.45) is 5.92 Å². The number of carbonyl (C=O) groups is 1. The van der Waals surface area contributed by atoms with E-state index in [1.54, 1.807) is 7.11 Å². The van der Waals surface area contributed by atoms with Crippen LogP contribution >= 0.6 is 0 Å². The van der Waals surface area contributed by atoms with Crippen LogP contribution in [-0.2, 0) is 9.53 Å². The molecule has 4 nitrogen and oxygen atoms in total. The first-order valence-corrected chi connectivity index (χ1v) is 8.14. The number of hydrogen-bond donors (Lipinski definition) is 1. The van der Waals surface area contributed by atoms with Crippen LogP contribution in [-0.4, -0.2) is 42.3 Å². The Kier molecular flexibility index (Phi) is 5.08. The van der Waals surface area contributed by atoms with Gasteiger partial charge in [-0.05, 0) is 31.6 Å². The van der Waals surface area contributed by atoms with Crippen molar-refractivity contribution in [1.82, 2.24) is 10.2 Å². The van der Waals surface area contributed by atoms with Gasteiger partial charge in [-0.1, -0.05) is 33.6 Å². The van der Waals surface area contributed by atoms with Crippen LogP contribution in [0.2, 0.25) is 0 Å². The Morgan fingerprint density at radius 2 is 2.15 bits per heavy atom. The summed E-state index contributed by atoms with van der Waals surface area (Å²) in [5.41, 5.74) is -0.0792. The van der Waals surface area contributed by atoms with E-state index in [0.717, 1.165) is 38.6 Å². The Balaban J connectivity index is 2.05. The van der Waals surface area contributed by atoms with Gasteiger partial charge in [-0.25, -0.2) is 0 Å². The van der Waals surface area contributed by atoms with Gasteiger partial charge in [-0.2, -0.15) is 0 Å². The summed E-state index contributed by atoms with van der Waals surface area (Å²) < 4.78 is 5.71. The minimum absolute atomic E-state index is 0.0105. The van der Waals surface area contributed by atoms with E-state index in [1.807, 2.05) is 4.90 Å². The lowest BCUT2D eigenvalue weighted by atomic mass is 9.79. The predicted octanol–water partition coefficient (Wildman–Crippen LogP) is 2.53. The third kappa shape index (κ3) is 3.01. The maximum absolute atomic E-state index is 12.7. The molecule has 0 aromatic carbocycles. The average molecular weight is 282 g/mol. The van der Waals surface area contributed by atoms with Gasteiger partial charge in [0.15, 0.2) is 0 Å². The van der Waals surface area contributed by atoms with Gasteiger partial charge < -0.3 is 9.64 Å². The van der Waals surface area contributed by atoms with Gasteiger partial charge in [-0.3, -0.25) is 10.1 Å². The largest absolute Gasteiger partial charge is 0.376 e. The molecule has 1 N–H and O–H groups in total. The molecule has 2 atom stereocenters. The molecule has 1 saturated carbocycles. The summed E-state index contributed by atoms with van der Waals surface area (Å²) >= 11 is 0. The lowest BCUT2D eigenvalue weighted by Crippen LogP contribution is -2.54. The molecule has 4 heteroatoms. The second-order valence-corrected chi connectivity index (χ2v) is 6.76. The molecule has 2 aliphatic rings. The molecule has 116 valence electrons. The number of methoxy groups -OCH3 is 1. The van der Waals surface area contributed by atoms with Crippen molar-refractivity contribution in [3.8, 4) is 0 Å². The van der Waals surface area contributed by atoms with Crippen LogP contribution in [0.1, 0.15) is 59.3 Å². The molecule has 2 fully saturated rings. The number of nitrogens with zero attached hydrogens (tertiary/aromatic N) is 1. The molecule has 2 unspecified atom stereocenters. The number of carbonyl (C=O) groups excluding carboxylic acids is 1. The molecule has 1 aliphatic heterocycles. The molecule has 0 radical (unpaired) electrons. The predicted molar refractivity (Wildman–Crippen MR) is 80.4 cm³/mol. The zero-order valence-electron chi connectivity index (χ0n) is 13.4. The van der Waals surface area contributed by atoms with Crippen LogP contribution in [0.3, 0.4) is 0 Å². The van der Waals surface area contributed by atoms with Gasteiger partial charge in [0.2, 0.25) is 5.91 Å². The van der Waals surface area contributed by atoms with Gasteiger partial charge in [-0.15, -0.1) is 0 Å². The van der Waals surface area contributed by atoms with Gasteiger partial charge in [0.1, 0.15) is 0 Å². The number of nitrogens with one attached hydrogen (secondary N) is 1. The number of unbranched alkanes of at least 4 members (excludes halogenated alkanes) is 1. The highest BCUT2D eigenvalue weighted by Gasteiger charge is 2.46. The minimum Gasteiger partial charge on any atom is -0.376 e. The van der Waals surface area contributed by atoms with Crippen molar-refractivity contribution in [1.29, 1.82) is 0 Å². The summed E-state index contributed by atoms with van der Waals surface area (Å²) in [6, 6.07) is 0.0105. The van der Waals surface area contributed by atoms with Crippen LogP contribution < -0.4 is 5.32 Å². The molecule has 1 amide bonds. The molecule has 1 heterocycles. The van der Waals surface area contributed by atoms with Crippen molar-refractivity contribution in [2.75, 3.05) is 13.7 Å². The van der Waals surface area contributed by atoms with Crippen LogP contribution in [0.15, 0.2) is 0 Å². The quantitative estimate of drug-likeness (QED) is 0.780. The van der Waals surface area contributed by atoms with Gasteiger partial charge in [0.25, 0.3) is 0 Å². The van der Waals surface area contributed by atoms with Gasteiger partial charge >= 0.3 is 0 Å². The molecule has 1 saturated heterocycles. The maximum Gasteiger partial charge on any atom is 0.241 e. The van der Waals surface area contributed by atoms with E-state index in [1.165, 1.54) is 6.42 Å². The third-order valence-electron chi connectivity index (χ3n) is 4.92. The number of ether oxygens (including phenoxy) is 1. The SMILES string of the molecule is CCCCC1NC(C(C)C)N(CC2(OC)CCC2)C1=O. The normalized spacial score (nSPS) is 29.1. The number of hydrogen-bond acceptors (Lipinski definition) is 3. The Morgan fingerprint density at radius 1 is 1.45 bits per heavy atom. The molecule has 20 heavy (non-hydrogen) atoms. The van der Waals surface area contributed by atoms with Gasteiger partial charge in [0, 0.05) is 7.11 Å². The summed E-state index contributed by atoms with van der Waals surface area (Å²) in [7, 11) is 1.78. The fourth-order valence-electron chi connectivity index (χ4n) is 3.36. The average Bonchev–Trinajstić information content (AvgIpc) is 2.68. The van der Waals surface area contributed by atoms with E-state index < -0.39 is 0 Å². The smallest absolute Gasteiger partial charge is 0.241 e. The van der Waals surface area contributed by atoms with Crippen molar-refractivity contribution in [3.05, 3.63) is 0 Å². The van der Waals surface area contributed by atoms with Gasteiger partial charge in [0.05, 0.1) is 24.4 Å². The summed E-state index contributed by atoms with van der Waals surface area (Å²) in [6.45, 7) is 7.28. The summed E-state index contributed by atoms with van der Waals surface area (Å²) in [5, 5.41) is 3.54. The standard InChI is InChI=1S/C16H30N2O2/c1-5-6-8-13-15(19)18(14(17-13)12(2)3)11-16(20-4)9-7-10-16/h12-14,17H,5-11H2,1-4H3. The fourth-order valence-corrected chi connectivity index (χ4v) is 3.36. The van der Waals surface area contributed by atoms with Crippen LogP contribution in [0.5, 0.6) is 0 Å². The topological polar surface area (TPSA) is 41.6 Å². The summed E-state index contributed by atoms with van der Waals surface area (Å²) in [6.07, 6.45) is 6.74. The molecule has 0 aromatic rings. The highest BCUT2D eigenvalue weighted by molar-refractivity contribution is 5.84. The molecule has 1 aliphatic carbocycles. The summed E-state index contributed by atoms with van der Waals surface area (Å²) in [4.78, 5) is 14.7. The third-order valence-corrected chi connectivity index (χ3v) is 4.92. The Morgan fingerprint density at radius 3 is 2.60 bits per heavy atom. The molecule has 0 bridgehead atoms. The lowest BCUT2D eigenvalue weighted by Gasteiger charge is -2.44. The first-order chi connectivity index (χ1) is 9.53. The van der Waals surface area contributed by atoms with Crippen molar-refractivity contribution in [3.63, 3.8) is 0 Å². The monoisotopic (exact) mass is 282 g/mol. The van der Waals surface area contributed by atoms with E-state index in [-0.39, 0.29) is 23.7 Å². The Labute approximate surface area is 123 Å². The second-order valence-electron chi connectivity index (χ2n) is 6.76. The van der Waals surface area contributed by atoms with Crippen LogP contribution in [0.25, 0.3) is 0 Å². The highest BCUT2D eigenvalue weighted by Crippen LogP contribution is 2.37. The first kappa shape index (κ1) is 15.8. The maximum atomic E-state index is 12.7. The van der Waals surface area contributed by atoms with E-state index >= 15 is 0 Å². The first-order valence-electron chi connectivity index (χ1n) is 8.14. The Bertz CT molecular complexity index is 334.